The number of pyridine rings is 1. The number of hydrogen-bond acceptors (Lipinski definition) is 3. The summed E-state index contributed by atoms with van der Waals surface area (Å²) in [5.41, 5.74) is 4.79. The number of fused-ring (bicyclic) bond motifs is 4. The van der Waals surface area contributed by atoms with Gasteiger partial charge in [-0.25, -0.2) is 4.79 Å². The number of para-hydroxylation sites is 1. The van der Waals surface area contributed by atoms with Gasteiger partial charge in [-0.3, -0.25) is 9.36 Å². The molecule has 5 nitrogen and oxygen atoms in total. The number of benzene rings is 1. The van der Waals surface area contributed by atoms with Crippen molar-refractivity contribution in [2.45, 2.75) is 43.6 Å². The van der Waals surface area contributed by atoms with Crippen LogP contribution in [0.5, 0.6) is 0 Å². The third-order valence-electron chi connectivity index (χ3n) is 7.26. The first-order valence-corrected chi connectivity index (χ1v) is 9.68. The van der Waals surface area contributed by atoms with E-state index in [4.69, 9.17) is 0 Å². The fraction of sp³-hybridized carbons (Fsp3) is 0.364. The highest BCUT2D eigenvalue weighted by Gasteiger charge is 2.60. The Morgan fingerprint density at radius 1 is 1.33 bits per heavy atom. The Morgan fingerprint density at radius 3 is 2.93 bits per heavy atom. The van der Waals surface area contributed by atoms with Crippen molar-refractivity contribution in [3.8, 4) is 5.69 Å². The molecule has 3 aliphatic heterocycles. The predicted molar refractivity (Wildman–Crippen MR) is 101 cm³/mol. The Balaban J connectivity index is 1.81. The summed E-state index contributed by atoms with van der Waals surface area (Å²) < 4.78 is 1.73. The van der Waals surface area contributed by atoms with Gasteiger partial charge in [-0.05, 0) is 54.3 Å². The van der Waals surface area contributed by atoms with Crippen molar-refractivity contribution in [1.29, 1.82) is 0 Å². The van der Waals surface area contributed by atoms with Crippen LogP contribution < -0.4 is 5.56 Å². The second kappa shape index (κ2) is 4.71. The third-order valence-corrected chi connectivity index (χ3v) is 7.26. The lowest BCUT2D eigenvalue weighted by Crippen LogP contribution is -2.49. The van der Waals surface area contributed by atoms with E-state index in [0.29, 0.717) is 6.04 Å². The van der Waals surface area contributed by atoms with Crippen LogP contribution in [0.2, 0.25) is 0 Å². The summed E-state index contributed by atoms with van der Waals surface area (Å²) in [6.45, 7) is 3.13. The van der Waals surface area contributed by atoms with Gasteiger partial charge in [0.05, 0.1) is 11.1 Å². The summed E-state index contributed by atoms with van der Waals surface area (Å²) >= 11 is 0. The number of aromatic nitrogens is 1. The number of carbonyl (C=O) groups is 1. The molecule has 0 unspecified atom stereocenters. The van der Waals surface area contributed by atoms with E-state index >= 15 is 0 Å². The summed E-state index contributed by atoms with van der Waals surface area (Å²) in [7, 11) is 0. The number of nitrogens with zero attached hydrogens (tertiary/aromatic N) is 2. The van der Waals surface area contributed by atoms with Crippen LogP contribution in [0.4, 0.5) is 0 Å². The average Bonchev–Trinajstić information content (AvgIpc) is 3.21. The Morgan fingerprint density at radius 2 is 2.15 bits per heavy atom. The fourth-order valence-electron chi connectivity index (χ4n) is 6.25. The SMILES string of the molecule is CCC1=CN2CC[C@]34c5ccccc5-n5c3c(cc(C(=O)O)c5=O)[C@H]1C[C@H]24. The molecule has 3 atom stereocenters. The molecule has 1 aromatic heterocycles. The topological polar surface area (TPSA) is 62.5 Å². The zero-order valence-corrected chi connectivity index (χ0v) is 15.1. The van der Waals surface area contributed by atoms with E-state index < -0.39 is 11.5 Å². The fourth-order valence-corrected chi connectivity index (χ4v) is 6.25. The van der Waals surface area contributed by atoms with E-state index in [-0.39, 0.29) is 16.9 Å². The van der Waals surface area contributed by atoms with E-state index in [2.05, 4.69) is 24.1 Å². The number of carboxylic acid groups (broad SMARTS) is 1. The first-order chi connectivity index (χ1) is 13.1. The van der Waals surface area contributed by atoms with Gasteiger partial charge in [0.15, 0.2) is 0 Å². The normalized spacial score (nSPS) is 28.6. The average molecular weight is 360 g/mol. The number of aromatic carboxylic acids is 1. The lowest BCUT2D eigenvalue weighted by Gasteiger charge is -2.47. The van der Waals surface area contributed by atoms with Gasteiger partial charge in [-0.2, -0.15) is 0 Å². The Bertz CT molecular complexity index is 1130. The molecular weight excluding hydrogens is 340 g/mol. The molecular formula is C22H20N2O3. The molecule has 1 fully saturated rings. The van der Waals surface area contributed by atoms with Crippen LogP contribution in [-0.2, 0) is 5.41 Å². The van der Waals surface area contributed by atoms with Gasteiger partial charge < -0.3 is 10.0 Å². The van der Waals surface area contributed by atoms with Crippen molar-refractivity contribution in [2.75, 3.05) is 6.54 Å². The molecule has 6 rings (SSSR count). The predicted octanol–water partition coefficient (Wildman–Crippen LogP) is 3.00. The van der Waals surface area contributed by atoms with E-state index in [1.54, 1.807) is 10.6 Å². The molecule has 0 radical (unpaired) electrons. The molecule has 4 aliphatic rings. The standard InChI is InChI=1S/C22H20N2O3/c1-2-12-11-23-8-7-22-16-5-3-4-6-17(16)24-19(22)14(13(12)10-18(22)23)9-15(20(24)25)21(26)27/h3-6,9,11,13,18H,2,7-8,10H2,1H3,(H,26,27)/t13-,18-,22+/m0/s1. The Kier molecular flexibility index (Phi) is 2.66. The maximum Gasteiger partial charge on any atom is 0.341 e. The second-order valence-corrected chi connectivity index (χ2v) is 8.15. The molecule has 2 bridgehead atoms. The zero-order chi connectivity index (χ0) is 18.5. The zero-order valence-electron chi connectivity index (χ0n) is 15.1. The van der Waals surface area contributed by atoms with E-state index in [1.807, 2.05) is 18.2 Å². The van der Waals surface area contributed by atoms with Crippen LogP contribution in [-0.4, -0.2) is 33.1 Å². The molecule has 27 heavy (non-hydrogen) atoms. The second-order valence-electron chi connectivity index (χ2n) is 8.15. The van der Waals surface area contributed by atoms with Crippen molar-refractivity contribution in [2.24, 2.45) is 0 Å². The largest absolute Gasteiger partial charge is 0.477 e. The van der Waals surface area contributed by atoms with Crippen molar-refractivity contribution < 1.29 is 9.90 Å². The number of carboxylic acids is 1. The summed E-state index contributed by atoms with van der Waals surface area (Å²) in [4.78, 5) is 27.5. The van der Waals surface area contributed by atoms with Crippen LogP contribution in [0.15, 0.2) is 46.9 Å². The quantitative estimate of drug-likeness (QED) is 0.894. The summed E-state index contributed by atoms with van der Waals surface area (Å²) in [5, 5.41) is 9.69. The van der Waals surface area contributed by atoms with Crippen LogP contribution in [0, 0.1) is 0 Å². The van der Waals surface area contributed by atoms with Crippen LogP contribution >= 0.6 is 0 Å². The molecule has 1 aromatic carbocycles. The van der Waals surface area contributed by atoms with E-state index in [1.165, 1.54) is 11.1 Å². The third kappa shape index (κ3) is 1.54. The highest BCUT2D eigenvalue weighted by molar-refractivity contribution is 5.88. The van der Waals surface area contributed by atoms with Gasteiger partial charge in [-0.15, -0.1) is 0 Å². The first-order valence-electron chi connectivity index (χ1n) is 9.68. The maximum absolute atomic E-state index is 13.2. The van der Waals surface area contributed by atoms with E-state index in [0.717, 1.165) is 42.8 Å². The molecule has 1 aliphatic carbocycles. The Hall–Kier alpha value is -2.82. The van der Waals surface area contributed by atoms with Crippen LogP contribution in [0.3, 0.4) is 0 Å². The lowest BCUT2D eigenvalue weighted by atomic mass is 9.61. The molecule has 136 valence electrons. The molecule has 0 amide bonds. The highest BCUT2D eigenvalue weighted by Crippen LogP contribution is 2.61. The van der Waals surface area contributed by atoms with Crippen molar-refractivity contribution in [3.63, 3.8) is 0 Å². The minimum Gasteiger partial charge on any atom is -0.477 e. The van der Waals surface area contributed by atoms with Crippen molar-refractivity contribution in [1.82, 2.24) is 9.47 Å². The van der Waals surface area contributed by atoms with E-state index in [9.17, 15) is 14.7 Å². The monoisotopic (exact) mass is 360 g/mol. The molecule has 1 saturated heterocycles. The summed E-state index contributed by atoms with van der Waals surface area (Å²) in [5.74, 6) is -0.935. The molecule has 2 aromatic rings. The lowest BCUT2D eigenvalue weighted by molar-refractivity contribution is 0.0694. The Labute approximate surface area is 156 Å². The van der Waals surface area contributed by atoms with Gasteiger partial charge in [0, 0.05) is 24.2 Å². The van der Waals surface area contributed by atoms with Crippen LogP contribution in [0.1, 0.15) is 59.3 Å². The molecule has 0 saturated carbocycles. The van der Waals surface area contributed by atoms with Gasteiger partial charge in [0.25, 0.3) is 5.56 Å². The molecule has 1 spiro atoms. The first kappa shape index (κ1) is 15.3. The summed E-state index contributed by atoms with van der Waals surface area (Å²) in [6, 6.07) is 10.1. The minimum absolute atomic E-state index is 0.116. The smallest absolute Gasteiger partial charge is 0.341 e. The maximum atomic E-state index is 13.2. The van der Waals surface area contributed by atoms with Gasteiger partial charge in [-0.1, -0.05) is 25.1 Å². The van der Waals surface area contributed by atoms with Gasteiger partial charge in [0.1, 0.15) is 5.56 Å². The number of rotatable bonds is 2. The van der Waals surface area contributed by atoms with Gasteiger partial charge >= 0.3 is 5.97 Å². The molecule has 5 heteroatoms. The number of allylic oxidation sites excluding steroid dienone is 1. The van der Waals surface area contributed by atoms with Crippen LogP contribution in [0.25, 0.3) is 5.69 Å². The van der Waals surface area contributed by atoms with Crippen molar-refractivity contribution in [3.05, 3.63) is 74.8 Å². The minimum atomic E-state index is -1.14. The highest BCUT2D eigenvalue weighted by atomic mass is 16.4. The van der Waals surface area contributed by atoms with Gasteiger partial charge in [0.2, 0.25) is 0 Å². The van der Waals surface area contributed by atoms with Crippen molar-refractivity contribution >= 4 is 5.97 Å². The molecule has 1 N–H and O–H groups in total. The molecule has 4 heterocycles. The summed E-state index contributed by atoms with van der Waals surface area (Å²) in [6.07, 6.45) is 5.22. The number of hydrogen-bond donors (Lipinski definition) is 1.